The molecule has 0 amide bonds. The van der Waals surface area contributed by atoms with E-state index in [2.05, 4.69) is 42.6 Å². The van der Waals surface area contributed by atoms with Gasteiger partial charge < -0.3 is 14.4 Å². The van der Waals surface area contributed by atoms with E-state index in [1.165, 1.54) is 0 Å². The Morgan fingerprint density at radius 3 is 2.36 bits per heavy atom. The molecule has 33 heavy (non-hydrogen) atoms. The summed E-state index contributed by atoms with van der Waals surface area (Å²) in [5.74, 6) is 0.839. The minimum atomic E-state index is -0.221. The minimum Gasteiger partial charge on any atom is -0.477 e. The van der Waals surface area contributed by atoms with Crippen molar-refractivity contribution in [3.05, 3.63) is 35.8 Å². The third kappa shape index (κ3) is 6.68. The average molecular weight is 454 g/mol. The van der Waals surface area contributed by atoms with Crippen molar-refractivity contribution in [1.29, 1.82) is 0 Å². The molecule has 1 aliphatic rings. The van der Waals surface area contributed by atoms with Gasteiger partial charge in [0.15, 0.2) is 0 Å². The molecule has 2 aromatic rings. The zero-order chi connectivity index (χ0) is 24.2. The smallest absolute Gasteiger partial charge is 0.310 e. The Balaban J connectivity index is 2.00. The van der Waals surface area contributed by atoms with Crippen LogP contribution in [0.15, 0.2) is 24.5 Å². The summed E-state index contributed by atoms with van der Waals surface area (Å²) in [4.78, 5) is 24.2. The number of hydrogen-bond donors (Lipinski definition) is 0. The molecule has 180 valence electrons. The standard InChI is InChI=1S/C27H39N3O3/c1-18(2)17-32-24-9-8-21(15-29-24)23-16-28-20(5)22(14-25(31)33-19(3)4)26(23)30-12-10-27(6,7)11-13-30/h8-9,15-16,18-19H,10-14,17H2,1-7H3. The first kappa shape index (κ1) is 25.0. The lowest BCUT2D eigenvalue weighted by atomic mass is 9.82. The fourth-order valence-electron chi connectivity index (χ4n) is 4.08. The summed E-state index contributed by atoms with van der Waals surface area (Å²) in [6, 6.07) is 3.94. The number of piperidine rings is 1. The van der Waals surface area contributed by atoms with Crippen molar-refractivity contribution in [1.82, 2.24) is 9.97 Å². The Bertz CT molecular complexity index is 942. The first-order valence-corrected chi connectivity index (χ1v) is 12.1. The van der Waals surface area contributed by atoms with Gasteiger partial charge in [0.05, 0.1) is 24.8 Å². The molecule has 3 heterocycles. The lowest BCUT2D eigenvalue weighted by Gasteiger charge is -2.40. The Labute approximate surface area is 198 Å². The molecular weight excluding hydrogens is 414 g/mol. The lowest BCUT2D eigenvalue weighted by molar-refractivity contribution is -0.146. The monoisotopic (exact) mass is 453 g/mol. The molecule has 0 radical (unpaired) electrons. The molecule has 0 aliphatic carbocycles. The Morgan fingerprint density at radius 1 is 1.09 bits per heavy atom. The van der Waals surface area contributed by atoms with Crippen LogP contribution in [0.2, 0.25) is 0 Å². The molecule has 1 aliphatic heterocycles. The Morgan fingerprint density at radius 2 is 1.79 bits per heavy atom. The predicted molar refractivity (Wildman–Crippen MR) is 133 cm³/mol. The second kappa shape index (κ2) is 10.5. The molecule has 0 spiro atoms. The number of carbonyl (C=O) groups excluding carboxylic acids is 1. The zero-order valence-electron chi connectivity index (χ0n) is 21.3. The molecule has 3 rings (SSSR count). The number of nitrogens with zero attached hydrogens (tertiary/aromatic N) is 3. The molecule has 0 aromatic carbocycles. The fraction of sp³-hybridized carbons (Fsp3) is 0.593. The van der Waals surface area contributed by atoms with Crippen LogP contribution < -0.4 is 9.64 Å². The van der Waals surface area contributed by atoms with Gasteiger partial charge in [-0.2, -0.15) is 0 Å². The first-order chi connectivity index (χ1) is 15.6. The maximum atomic E-state index is 12.6. The van der Waals surface area contributed by atoms with Crippen molar-refractivity contribution < 1.29 is 14.3 Å². The largest absolute Gasteiger partial charge is 0.477 e. The van der Waals surface area contributed by atoms with Crippen LogP contribution in [-0.4, -0.2) is 41.7 Å². The molecule has 6 heteroatoms. The van der Waals surface area contributed by atoms with E-state index in [9.17, 15) is 4.79 Å². The molecule has 0 atom stereocenters. The van der Waals surface area contributed by atoms with Crippen molar-refractivity contribution in [2.24, 2.45) is 11.3 Å². The van der Waals surface area contributed by atoms with Crippen molar-refractivity contribution >= 4 is 11.7 Å². The van der Waals surface area contributed by atoms with E-state index >= 15 is 0 Å². The summed E-state index contributed by atoms with van der Waals surface area (Å²) in [6.07, 6.45) is 6.02. The van der Waals surface area contributed by atoms with Crippen molar-refractivity contribution in [3.63, 3.8) is 0 Å². The van der Waals surface area contributed by atoms with E-state index in [0.717, 1.165) is 54.0 Å². The number of rotatable bonds is 8. The molecule has 1 fully saturated rings. The summed E-state index contributed by atoms with van der Waals surface area (Å²) in [5.41, 5.74) is 5.18. The number of esters is 1. The normalized spacial score (nSPS) is 15.7. The van der Waals surface area contributed by atoms with Crippen LogP contribution >= 0.6 is 0 Å². The van der Waals surface area contributed by atoms with E-state index in [0.29, 0.717) is 23.8 Å². The number of hydrogen-bond acceptors (Lipinski definition) is 6. The summed E-state index contributed by atoms with van der Waals surface area (Å²) in [6.45, 7) is 17.1. The van der Waals surface area contributed by atoms with Crippen LogP contribution in [0.4, 0.5) is 5.69 Å². The van der Waals surface area contributed by atoms with Gasteiger partial charge in [-0.3, -0.25) is 9.78 Å². The molecule has 2 aromatic heterocycles. The maximum Gasteiger partial charge on any atom is 0.310 e. The van der Waals surface area contributed by atoms with Gasteiger partial charge in [0, 0.05) is 53.9 Å². The molecule has 0 unspecified atom stereocenters. The SMILES string of the molecule is Cc1ncc(-c2ccc(OCC(C)C)nc2)c(N2CCC(C)(C)CC2)c1CC(=O)OC(C)C. The van der Waals surface area contributed by atoms with E-state index in [1.807, 2.05) is 45.3 Å². The van der Waals surface area contributed by atoms with Crippen molar-refractivity contribution in [3.8, 4) is 17.0 Å². The summed E-state index contributed by atoms with van der Waals surface area (Å²) >= 11 is 0. The van der Waals surface area contributed by atoms with Crippen LogP contribution in [0.3, 0.4) is 0 Å². The quantitative estimate of drug-likeness (QED) is 0.484. The predicted octanol–water partition coefficient (Wildman–Crippen LogP) is 5.61. The number of carbonyl (C=O) groups is 1. The highest BCUT2D eigenvalue weighted by Gasteiger charge is 2.29. The van der Waals surface area contributed by atoms with Crippen LogP contribution in [0.25, 0.3) is 11.1 Å². The molecular formula is C27H39N3O3. The highest BCUT2D eigenvalue weighted by molar-refractivity contribution is 5.85. The second-order valence-corrected chi connectivity index (χ2v) is 10.5. The van der Waals surface area contributed by atoms with Crippen LogP contribution in [0.5, 0.6) is 5.88 Å². The van der Waals surface area contributed by atoms with Crippen molar-refractivity contribution in [2.45, 2.75) is 73.8 Å². The second-order valence-electron chi connectivity index (χ2n) is 10.5. The highest BCUT2D eigenvalue weighted by atomic mass is 16.5. The minimum absolute atomic E-state index is 0.143. The number of aromatic nitrogens is 2. The van der Waals surface area contributed by atoms with Gasteiger partial charge in [0.2, 0.25) is 5.88 Å². The van der Waals surface area contributed by atoms with Gasteiger partial charge in [-0.05, 0) is 51.0 Å². The fourth-order valence-corrected chi connectivity index (χ4v) is 4.08. The van der Waals surface area contributed by atoms with E-state index in [4.69, 9.17) is 9.47 Å². The molecule has 0 bridgehead atoms. The number of pyridine rings is 2. The third-order valence-corrected chi connectivity index (χ3v) is 6.10. The van der Waals surface area contributed by atoms with E-state index in [-0.39, 0.29) is 18.5 Å². The molecule has 0 N–H and O–H groups in total. The van der Waals surface area contributed by atoms with Gasteiger partial charge in [-0.25, -0.2) is 4.98 Å². The highest BCUT2D eigenvalue weighted by Crippen LogP contribution is 2.40. The number of ether oxygens (including phenoxy) is 2. The maximum absolute atomic E-state index is 12.6. The van der Waals surface area contributed by atoms with Gasteiger partial charge in [0.1, 0.15) is 0 Å². The Kier molecular flexibility index (Phi) is 7.98. The Hall–Kier alpha value is -2.63. The summed E-state index contributed by atoms with van der Waals surface area (Å²) in [5, 5.41) is 0. The topological polar surface area (TPSA) is 64.6 Å². The van der Waals surface area contributed by atoms with E-state index in [1.54, 1.807) is 0 Å². The van der Waals surface area contributed by atoms with Crippen LogP contribution in [0.1, 0.15) is 65.6 Å². The van der Waals surface area contributed by atoms with Gasteiger partial charge in [0.25, 0.3) is 0 Å². The van der Waals surface area contributed by atoms with Gasteiger partial charge in [-0.1, -0.05) is 27.7 Å². The van der Waals surface area contributed by atoms with Gasteiger partial charge in [-0.15, -0.1) is 0 Å². The van der Waals surface area contributed by atoms with Gasteiger partial charge >= 0.3 is 5.97 Å². The number of anilines is 1. The summed E-state index contributed by atoms with van der Waals surface area (Å²) in [7, 11) is 0. The average Bonchev–Trinajstić information content (AvgIpc) is 2.74. The van der Waals surface area contributed by atoms with Crippen LogP contribution in [0, 0.1) is 18.3 Å². The molecule has 1 saturated heterocycles. The summed E-state index contributed by atoms with van der Waals surface area (Å²) < 4.78 is 11.2. The third-order valence-electron chi connectivity index (χ3n) is 6.10. The van der Waals surface area contributed by atoms with Crippen molar-refractivity contribution in [2.75, 3.05) is 24.6 Å². The first-order valence-electron chi connectivity index (χ1n) is 12.1. The van der Waals surface area contributed by atoms with E-state index < -0.39 is 0 Å². The molecule has 6 nitrogen and oxygen atoms in total. The molecule has 0 saturated carbocycles. The number of aryl methyl sites for hydroxylation is 1. The van der Waals surface area contributed by atoms with Crippen LogP contribution in [-0.2, 0) is 16.0 Å². The lowest BCUT2D eigenvalue weighted by Crippen LogP contribution is -2.38. The zero-order valence-corrected chi connectivity index (χ0v) is 21.3.